The summed E-state index contributed by atoms with van der Waals surface area (Å²) in [5.41, 5.74) is 5.59. The number of fused-ring (bicyclic) bond motifs is 1. The predicted molar refractivity (Wildman–Crippen MR) is 62.4 cm³/mol. The molecular weight excluding hydrogens is 222 g/mol. The minimum Gasteiger partial charge on any atom is -0.324 e. The van der Waals surface area contributed by atoms with E-state index in [1.54, 1.807) is 0 Å². The molecule has 16 heavy (non-hydrogen) atoms. The van der Waals surface area contributed by atoms with E-state index < -0.39 is 0 Å². The largest absolute Gasteiger partial charge is 0.324 e. The molecule has 1 aliphatic rings. The first-order chi connectivity index (χ1) is 7.88. The van der Waals surface area contributed by atoms with Crippen LogP contribution in [0.4, 0.5) is 0 Å². The van der Waals surface area contributed by atoms with Crippen LogP contribution < -0.4 is 5.73 Å². The van der Waals surface area contributed by atoms with Gasteiger partial charge in [-0.2, -0.15) is 9.61 Å². The maximum atomic E-state index is 5.59. The van der Waals surface area contributed by atoms with Gasteiger partial charge >= 0.3 is 0 Å². The zero-order valence-corrected chi connectivity index (χ0v) is 9.91. The van der Waals surface area contributed by atoms with Crippen molar-refractivity contribution >= 4 is 16.3 Å². The molecule has 2 aromatic heterocycles. The second-order valence-corrected chi connectivity index (χ2v) is 5.33. The van der Waals surface area contributed by atoms with Crippen molar-refractivity contribution in [3.05, 3.63) is 10.8 Å². The standard InChI is InChI=1S/C10H15N5S/c11-6-8-14-15-9(12-13-10(15)16-8)7-4-2-1-3-5-7/h7H,1-6,11H2. The van der Waals surface area contributed by atoms with E-state index in [4.69, 9.17) is 5.73 Å². The molecule has 2 aromatic rings. The summed E-state index contributed by atoms with van der Waals surface area (Å²) >= 11 is 1.54. The Hall–Kier alpha value is -1.01. The van der Waals surface area contributed by atoms with Crippen LogP contribution >= 0.6 is 11.3 Å². The van der Waals surface area contributed by atoms with Crippen LogP contribution in [-0.4, -0.2) is 19.8 Å². The molecule has 0 bridgehead atoms. The highest BCUT2D eigenvalue weighted by molar-refractivity contribution is 7.16. The van der Waals surface area contributed by atoms with E-state index >= 15 is 0 Å². The minimum atomic E-state index is 0.484. The average Bonchev–Trinajstić information content (AvgIpc) is 2.88. The summed E-state index contributed by atoms with van der Waals surface area (Å²) < 4.78 is 1.89. The summed E-state index contributed by atoms with van der Waals surface area (Å²) in [6.07, 6.45) is 6.39. The molecule has 0 atom stereocenters. The normalized spacial score (nSPS) is 18.3. The van der Waals surface area contributed by atoms with Gasteiger partial charge in [0, 0.05) is 12.5 Å². The van der Waals surface area contributed by atoms with Gasteiger partial charge in [-0.3, -0.25) is 0 Å². The summed E-state index contributed by atoms with van der Waals surface area (Å²) in [4.78, 5) is 0.876. The second kappa shape index (κ2) is 4.10. The molecule has 0 spiro atoms. The SMILES string of the molecule is NCc1nn2c(C3CCCCC3)nnc2s1. The van der Waals surface area contributed by atoms with E-state index in [1.165, 1.54) is 43.4 Å². The molecule has 86 valence electrons. The summed E-state index contributed by atoms with van der Waals surface area (Å²) in [7, 11) is 0. The van der Waals surface area contributed by atoms with Gasteiger partial charge in [0.05, 0.1) is 0 Å². The zero-order chi connectivity index (χ0) is 11.0. The molecular formula is C10H15N5S. The van der Waals surface area contributed by atoms with Crippen LogP contribution in [0.3, 0.4) is 0 Å². The van der Waals surface area contributed by atoms with Crippen LogP contribution in [0.25, 0.3) is 4.96 Å². The lowest BCUT2D eigenvalue weighted by molar-refractivity contribution is 0.423. The number of hydrogen-bond donors (Lipinski definition) is 1. The first kappa shape index (κ1) is 10.2. The number of rotatable bonds is 2. The maximum Gasteiger partial charge on any atom is 0.234 e. The van der Waals surface area contributed by atoms with Crippen molar-refractivity contribution in [1.29, 1.82) is 0 Å². The number of nitrogens with zero attached hydrogens (tertiary/aromatic N) is 4. The van der Waals surface area contributed by atoms with Crippen molar-refractivity contribution in [1.82, 2.24) is 19.8 Å². The lowest BCUT2D eigenvalue weighted by Crippen LogP contribution is -2.09. The van der Waals surface area contributed by atoms with Crippen molar-refractivity contribution in [2.45, 2.75) is 44.6 Å². The third kappa shape index (κ3) is 1.62. The van der Waals surface area contributed by atoms with Gasteiger partial charge in [-0.15, -0.1) is 10.2 Å². The lowest BCUT2D eigenvalue weighted by Gasteiger charge is -2.18. The Morgan fingerprint density at radius 1 is 1.25 bits per heavy atom. The zero-order valence-electron chi connectivity index (χ0n) is 9.09. The van der Waals surface area contributed by atoms with Crippen molar-refractivity contribution in [2.75, 3.05) is 0 Å². The van der Waals surface area contributed by atoms with Gasteiger partial charge in [0.2, 0.25) is 4.96 Å². The fourth-order valence-electron chi connectivity index (χ4n) is 2.37. The third-order valence-electron chi connectivity index (χ3n) is 3.20. The quantitative estimate of drug-likeness (QED) is 0.863. The van der Waals surface area contributed by atoms with Gasteiger partial charge in [0.1, 0.15) is 5.01 Å². The van der Waals surface area contributed by atoms with Crippen molar-refractivity contribution < 1.29 is 0 Å². The fraction of sp³-hybridized carbons (Fsp3) is 0.700. The summed E-state index contributed by atoms with van der Waals surface area (Å²) in [6, 6.07) is 0. The molecule has 2 heterocycles. The maximum absolute atomic E-state index is 5.59. The Labute approximate surface area is 97.7 Å². The molecule has 5 nitrogen and oxygen atoms in total. The molecule has 1 fully saturated rings. The van der Waals surface area contributed by atoms with Crippen LogP contribution in [0.5, 0.6) is 0 Å². The molecule has 0 radical (unpaired) electrons. The molecule has 3 rings (SSSR count). The smallest absolute Gasteiger partial charge is 0.234 e. The fourth-order valence-corrected chi connectivity index (χ4v) is 3.09. The van der Waals surface area contributed by atoms with Crippen molar-refractivity contribution in [3.63, 3.8) is 0 Å². The van der Waals surface area contributed by atoms with Gasteiger partial charge in [0.25, 0.3) is 0 Å². The topological polar surface area (TPSA) is 69.1 Å². The summed E-state index contributed by atoms with van der Waals surface area (Å²) in [5, 5.41) is 13.8. The van der Waals surface area contributed by atoms with E-state index in [9.17, 15) is 0 Å². The Balaban J connectivity index is 1.98. The van der Waals surface area contributed by atoms with Gasteiger partial charge in [-0.05, 0) is 12.8 Å². The Kier molecular flexibility index (Phi) is 2.61. The van der Waals surface area contributed by atoms with Crippen LogP contribution in [0.15, 0.2) is 0 Å². The van der Waals surface area contributed by atoms with Gasteiger partial charge in [0.15, 0.2) is 5.82 Å². The molecule has 0 aromatic carbocycles. The molecule has 6 heteroatoms. The minimum absolute atomic E-state index is 0.484. The number of nitrogens with two attached hydrogens (primary N) is 1. The van der Waals surface area contributed by atoms with Crippen LogP contribution in [0, 0.1) is 0 Å². The van der Waals surface area contributed by atoms with E-state index in [2.05, 4.69) is 15.3 Å². The summed E-state index contributed by atoms with van der Waals surface area (Å²) in [5.74, 6) is 1.57. The molecule has 0 aliphatic heterocycles. The number of aromatic nitrogens is 4. The van der Waals surface area contributed by atoms with Gasteiger partial charge in [-0.25, -0.2) is 0 Å². The van der Waals surface area contributed by atoms with Crippen LogP contribution in [-0.2, 0) is 6.54 Å². The Bertz CT molecular complexity index is 482. The second-order valence-electron chi connectivity index (χ2n) is 4.29. The molecule has 1 saturated carbocycles. The first-order valence-electron chi connectivity index (χ1n) is 5.79. The summed E-state index contributed by atoms with van der Waals surface area (Å²) in [6.45, 7) is 0.484. The van der Waals surface area contributed by atoms with Crippen molar-refractivity contribution in [2.24, 2.45) is 5.73 Å². The highest BCUT2D eigenvalue weighted by Gasteiger charge is 2.22. The Morgan fingerprint density at radius 3 is 2.81 bits per heavy atom. The highest BCUT2D eigenvalue weighted by Crippen LogP contribution is 2.32. The highest BCUT2D eigenvalue weighted by atomic mass is 32.1. The van der Waals surface area contributed by atoms with Crippen LogP contribution in [0.2, 0.25) is 0 Å². The van der Waals surface area contributed by atoms with Gasteiger partial charge < -0.3 is 5.73 Å². The number of hydrogen-bond acceptors (Lipinski definition) is 5. The van der Waals surface area contributed by atoms with Crippen molar-refractivity contribution in [3.8, 4) is 0 Å². The molecule has 0 amide bonds. The van der Waals surface area contributed by atoms with E-state index in [-0.39, 0.29) is 0 Å². The Morgan fingerprint density at radius 2 is 2.06 bits per heavy atom. The van der Waals surface area contributed by atoms with E-state index in [1.807, 2.05) is 4.52 Å². The monoisotopic (exact) mass is 237 g/mol. The van der Waals surface area contributed by atoms with E-state index in [0.717, 1.165) is 15.8 Å². The lowest BCUT2D eigenvalue weighted by atomic mass is 9.89. The van der Waals surface area contributed by atoms with Gasteiger partial charge in [-0.1, -0.05) is 30.6 Å². The average molecular weight is 237 g/mol. The molecule has 0 unspecified atom stereocenters. The predicted octanol–water partition coefficient (Wildman–Crippen LogP) is 1.69. The third-order valence-corrected chi connectivity index (χ3v) is 4.12. The molecule has 0 saturated heterocycles. The molecule has 1 aliphatic carbocycles. The molecule has 2 N–H and O–H groups in total. The first-order valence-corrected chi connectivity index (χ1v) is 6.61. The van der Waals surface area contributed by atoms with E-state index in [0.29, 0.717) is 12.5 Å². The van der Waals surface area contributed by atoms with Crippen LogP contribution in [0.1, 0.15) is 48.9 Å².